The maximum atomic E-state index is 12.5. The third-order valence-corrected chi connectivity index (χ3v) is 4.87. The third-order valence-electron chi connectivity index (χ3n) is 4.87. The number of nitrogens with one attached hydrogen (secondary N) is 2. The second-order valence-electron chi connectivity index (χ2n) is 7.08. The lowest BCUT2D eigenvalue weighted by molar-refractivity contribution is -0.138. The van der Waals surface area contributed by atoms with Gasteiger partial charge in [-0.3, -0.25) is 9.48 Å². The summed E-state index contributed by atoms with van der Waals surface area (Å²) in [4.78, 5) is 26.4. The highest BCUT2D eigenvalue weighted by Crippen LogP contribution is 2.38. The molecule has 1 aromatic rings. The fourth-order valence-corrected chi connectivity index (χ4v) is 3.61. The molecule has 3 amide bonds. The molecule has 0 spiro atoms. The van der Waals surface area contributed by atoms with Crippen molar-refractivity contribution in [3.8, 4) is 0 Å². The summed E-state index contributed by atoms with van der Waals surface area (Å²) in [7, 11) is 5.41. The van der Waals surface area contributed by atoms with E-state index in [1.54, 1.807) is 23.7 Å². The molecular weight excluding hydrogens is 306 g/mol. The number of carbonyl (C=O) groups is 2. The van der Waals surface area contributed by atoms with Crippen molar-refractivity contribution in [2.24, 2.45) is 12.5 Å². The van der Waals surface area contributed by atoms with Crippen molar-refractivity contribution in [3.63, 3.8) is 0 Å². The van der Waals surface area contributed by atoms with Crippen molar-refractivity contribution in [1.29, 1.82) is 0 Å². The lowest BCUT2D eigenvalue weighted by Gasteiger charge is -2.31. The van der Waals surface area contributed by atoms with E-state index in [1.165, 1.54) is 0 Å². The predicted molar refractivity (Wildman–Crippen MR) is 92.5 cm³/mol. The molecule has 1 fully saturated rings. The first kappa shape index (κ1) is 18.3. The summed E-state index contributed by atoms with van der Waals surface area (Å²) in [5.74, 6) is 0.108. The number of hydrogen-bond acceptors (Lipinski definition) is 3. The fourth-order valence-electron chi connectivity index (χ4n) is 3.61. The Kier molecular flexibility index (Phi) is 5.51. The van der Waals surface area contributed by atoms with Crippen LogP contribution in [0.2, 0.25) is 0 Å². The van der Waals surface area contributed by atoms with Crippen molar-refractivity contribution < 1.29 is 9.59 Å². The van der Waals surface area contributed by atoms with E-state index < -0.39 is 5.41 Å². The lowest BCUT2D eigenvalue weighted by Crippen LogP contribution is -2.48. The molecule has 0 unspecified atom stereocenters. The molecule has 0 aromatic carbocycles. The number of aromatic nitrogens is 2. The van der Waals surface area contributed by atoms with E-state index >= 15 is 0 Å². The van der Waals surface area contributed by atoms with Crippen LogP contribution in [0.4, 0.5) is 4.79 Å². The Bertz CT molecular complexity index is 602. The van der Waals surface area contributed by atoms with E-state index in [1.807, 2.05) is 27.1 Å². The van der Waals surface area contributed by atoms with Gasteiger partial charge in [-0.1, -0.05) is 12.8 Å². The molecule has 2 rings (SSSR count). The lowest BCUT2D eigenvalue weighted by atomic mass is 9.84. The van der Waals surface area contributed by atoms with Crippen LogP contribution in [0.25, 0.3) is 0 Å². The summed E-state index contributed by atoms with van der Waals surface area (Å²) in [5, 5.41) is 10.1. The van der Waals surface area contributed by atoms with Crippen molar-refractivity contribution in [2.75, 3.05) is 20.6 Å². The van der Waals surface area contributed by atoms with Crippen molar-refractivity contribution >= 4 is 11.9 Å². The van der Waals surface area contributed by atoms with Crippen molar-refractivity contribution in [3.05, 3.63) is 17.5 Å². The Morgan fingerprint density at radius 1 is 1.38 bits per heavy atom. The largest absolute Gasteiger partial charge is 0.348 e. The molecule has 2 N–H and O–H groups in total. The Morgan fingerprint density at radius 2 is 2.00 bits per heavy atom. The minimum Gasteiger partial charge on any atom is -0.348 e. The monoisotopic (exact) mass is 335 g/mol. The highest BCUT2D eigenvalue weighted by molar-refractivity contribution is 5.84. The number of rotatable bonds is 5. The van der Waals surface area contributed by atoms with Crippen LogP contribution in [0.5, 0.6) is 0 Å². The van der Waals surface area contributed by atoms with Crippen LogP contribution in [-0.2, 0) is 11.8 Å². The standard InChI is InChI=1S/C17H29N5O2/c1-12(14-10-22(5)20-13(14)2)19-16(24)18-11-17(8-6-7-9-17)15(23)21(3)4/h10,12H,6-9,11H2,1-5H3,(H2,18,19,24)/t12-/m1/s1. The van der Waals surface area contributed by atoms with Gasteiger partial charge in [0.05, 0.1) is 17.2 Å². The summed E-state index contributed by atoms with van der Waals surface area (Å²) < 4.78 is 1.74. The van der Waals surface area contributed by atoms with E-state index in [0.717, 1.165) is 36.9 Å². The maximum absolute atomic E-state index is 12.5. The molecule has 1 aromatic heterocycles. The zero-order chi connectivity index (χ0) is 17.9. The molecule has 0 saturated heterocycles. The highest BCUT2D eigenvalue weighted by Gasteiger charge is 2.42. The van der Waals surface area contributed by atoms with Gasteiger partial charge in [0.15, 0.2) is 0 Å². The second kappa shape index (κ2) is 7.23. The van der Waals surface area contributed by atoms with Gasteiger partial charge in [0, 0.05) is 39.4 Å². The maximum Gasteiger partial charge on any atom is 0.315 e. The van der Waals surface area contributed by atoms with E-state index in [-0.39, 0.29) is 18.0 Å². The first-order valence-corrected chi connectivity index (χ1v) is 8.51. The van der Waals surface area contributed by atoms with Gasteiger partial charge >= 0.3 is 6.03 Å². The normalized spacial score (nSPS) is 17.4. The molecule has 134 valence electrons. The van der Waals surface area contributed by atoms with Crippen LogP contribution in [0, 0.1) is 12.3 Å². The molecule has 0 bridgehead atoms. The average molecular weight is 335 g/mol. The van der Waals surface area contributed by atoms with Crippen LogP contribution in [0.15, 0.2) is 6.20 Å². The van der Waals surface area contributed by atoms with E-state index in [2.05, 4.69) is 15.7 Å². The molecule has 1 saturated carbocycles. The third kappa shape index (κ3) is 3.88. The van der Waals surface area contributed by atoms with E-state index in [9.17, 15) is 9.59 Å². The molecule has 1 atom stereocenters. The van der Waals surface area contributed by atoms with E-state index in [4.69, 9.17) is 0 Å². The summed E-state index contributed by atoms with van der Waals surface area (Å²) in [6.45, 7) is 4.24. The first-order chi connectivity index (χ1) is 11.2. The highest BCUT2D eigenvalue weighted by atomic mass is 16.2. The summed E-state index contributed by atoms with van der Waals surface area (Å²) >= 11 is 0. The SMILES string of the molecule is Cc1nn(C)cc1[C@@H](C)NC(=O)NCC1(C(=O)N(C)C)CCCC1. The zero-order valence-electron chi connectivity index (χ0n) is 15.3. The van der Waals surface area contributed by atoms with Gasteiger partial charge in [0.25, 0.3) is 0 Å². The Morgan fingerprint density at radius 3 is 2.50 bits per heavy atom. The van der Waals surface area contributed by atoms with Gasteiger partial charge in [0.1, 0.15) is 0 Å². The summed E-state index contributed by atoms with van der Waals surface area (Å²) in [6.07, 6.45) is 5.65. The molecule has 24 heavy (non-hydrogen) atoms. The number of hydrogen-bond donors (Lipinski definition) is 2. The molecule has 0 aliphatic heterocycles. The minimum atomic E-state index is -0.450. The number of amides is 3. The van der Waals surface area contributed by atoms with Crippen LogP contribution >= 0.6 is 0 Å². The summed E-state index contributed by atoms with van der Waals surface area (Å²) in [5.41, 5.74) is 1.45. The quantitative estimate of drug-likeness (QED) is 0.860. The number of aryl methyl sites for hydroxylation is 2. The smallest absolute Gasteiger partial charge is 0.315 e. The van der Waals surface area contributed by atoms with Crippen molar-refractivity contribution in [2.45, 2.75) is 45.6 Å². The van der Waals surface area contributed by atoms with Crippen LogP contribution in [0.3, 0.4) is 0 Å². The predicted octanol–water partition coefficient (Wildman–Crippen LogP) is 1.74. The summed E-state index contributed by atoms with van der Waals surface area (Å²) in [6, 6.07) is -0.383. The molecule has 0 radical (unpaired) electrons. The zero-order valence-corrected chi connectivity index (χ0v) is 15.3. The molecule has 1 aliphatic carbocycles. The van der Waals surface area contributed by atoms with Gasteiger partial charge in [-0.25, -0.2) is 4.79 Å². The molecule has 7 nitrogen and oxygen atoms in total. The second-order valence-corrected chi connectivity index (χ2v) is 7.08. The van der Waals surface area contributed by atoms with Crippen molar-refractivity contribution in [1.82, 2.24) is 25.3 Å². The number of nitrogens with zero attached hydrogens (tertiary/aromatic N) is 3. The number of urea groups is 1. The molecule has 7 heteroatoms. The van der Waals surface area contributed by atoms with Crippen LogP contribution < -0.4 is 10.6 Å². The van der Waals surface area contributed by atoms with Gasteiger partial charge in [-0.15, -0.1) is 0 Å². The van der Waals surface area contributed by atoms with Gasteiger partial charge in [0.2, 0.25) is 5.91 Å². The van der Waals surface area contributed by atoms with Crippen LogP contribution in [-0.4, -0.2) is 47.3 Å². The van der Waals surface area contributed by atoms with Gasteiger partial charge in [-0.2, -0.15) is 5.10 Å². The fraction of sp³-hybridized carbons (Fsp3) is 0.706. The van der Waals surface area contributed by atoms with E-state index in [0.29, 0.717) is 6.54 Å². The topological polar surface area (TPSA) is 79.3 Å². The van der Waals surface area contributed by atoms with Gasteiger partial charge < -0.3 is 15.5 Å². The average Bonchev–Trinajstić information content (AvgIpc) is 3.11. The molecule has 1 heterocycles. The number of carbonyl (C=O) groups excluding carboxylic acids is 2. The van der Waals surface area contributed by atoms with Gasteiger partial charge in [-0.05, 0) is 26.7 Å². The Balaban J connectivity index is 1.94. The Hall–Kier alpha value is -2.05. The minimum absolute atomic E-state index is 0.108. The first-order valence-electron chi connectivity index (χ1n) is 8.51. The Labute approximate surface area is 143 Å². The van der Waals surface area contributed by atoms with Crippen LogP contribution in [0.1, 0.15) is 49.9 Å². The molecule has 1 aliphatic rings. The molecular formula is C17H29N5O2.